The first kappa shape index (κ1) is 37.8. The minimum Gasteiger partial charge on any atom is -0.508 e. The summed E-state index contributed by atoms with van der Waals surface area (Å²) in [6, 6.07) is 22.1. The highest BCUT2D eigenvalue weighted by Crippen LogP contribution is 2.40. The third-order valence-electron chi connectivity index (χ3n) is 10.2. The average molecular weight is 755 g/mol. The summed E-state index contributed by atoms with van der Waals surface area (Å²) in [6.07, 6.45) is 1.70. The Kier molecular flexibility index (Phi) is 10.1. The van der Waals surface area contributed by atoms with Crippen molar-refractivity contribution in [2.75, 3.05) is 19.4 Å². The van der Waals surface area contributed by atoms with E-state index in [0.717, 1.165) is 44.7 Å². The molecule has 1 atom stereocenters. The molecule has 0 unspecified atom stereocenters. The van der Waals surface area contributed by atoms with E-state index in [1.54, 1.807) is 49.0 Å². The highest BCUT2D eigenvalue weighted by atomic mass is 16.6. The number of anilines is 1. The molecular weight excluding hydrogens is 713 g/mol. The van der Waals surface area contributed by atoms with Crippen LogP contribution >= 0.6 is 0 Å². The molecule has 6 aromatic rings. The fraction of sp³-hybridized carbons (Fsp3) is 0.262. The summed E-state index contributed by atoms with van der Waals surface area (Å²) in [5.41, 5.74) is 6.83. The number of hydrogen-bond donors (Lipinski definition) is 3. The topological polar surface area (TPSA) is 177 Å². The number of esters is 1. The Morgan fingerprint density at radius 1 is 1.02 bits per heavy atom. The standard InChI is InChI=1S/C23H23N3O5.C19H19N5O/c1-4-23(30)16-8-18-20-12(9-26(18)21(28)15(16)11-31-22(23)29)7-13-14(10-25(2)3)19(27)6-5-17(13)24-20;1-13-6-4-5-7-17(13)23-22-15-8-9-16(14(2)12-15)21-19(25)18-10-11-20-24(18)3/h5-8,27,30H,4,9-11H2,1-3H3;4-12H,1-3H3,(H,21,25)/t23-;/m0./s1. The fourth-order valence-corrected chi connectivity index (χ4v) is 7.00. The van der Waals surface area contributed by atoms with Gasteiger partial charge in [0, 0.05) is 47.6 Å². The van der Waals surface area contributed by atoms with Gasteiger partial charge in [-0.15, -0.1) is 0 Å². The molecule has 14 nitrogen and oxygen atoms in total. The van der Waals surface area contributed by atoms with Gasteiger partial charge in [-0.3, -0.25) is 14.3 Å². The van der Waals surface area contributed by atoms with Gasteiger partial charge in [0.2, 0.25) is 0 Å². The van der Waals surface area contributed by atoms with Gasteiger partial charge in [0.1, 0.15) is 18.1 Å². The molecule has 0 saturated carbocycles. The Labute approximate surface area is 322 Å². The number of pyridine rings is 2. The zero-order valence-corrected chi connectivity index (χ0v) is 32.0. The van der Waals surface area contributed by atoms with Crippen molar-refractivity contribution in [2.24, 2.45) is 17.3 Å². The van der Waals surface area contributed by atoms with Crippen LogP contribution in [0.15, 0.2) is 94.0 Å². The summed E-state index contributed by atoms with van der Waals surface area (Å²) >= 11 is 0. The van der Waals surface area contributed by atoms with Crippen LogP contribution in [0.5, 0.6) is 5.75 Å². The van der Waals surface area contributed by atoms with Crippen molar-refractivity contribution in [2.45, 2.75) is 52.5 Å². The molecule has 0 aliphatic carbocycles. The highest BCUT2D eigenvalue weighted by Gasteiger charge is 2.45. The molecule has 2 aliphatic heterocycles. The third kappa shape index (κ3) is 6.95. The maximum Gasteiger partial charge on any atom is 0.343 e. The molecule has 3 N–H and O–H groups in total. The smallest absolute Gasteiger partial charge is 0.343 e. The zero-order valence-electron chi connectivity index (χ0n) is 32.0. The second kappa shape index (κ2) is 15.0. The molecule has 3 aromatic heterocycles. The predicted molar refractivity (Wildman–Crippen MR) is 211 cm³/mol. The number of aliphatic hydroxyl groups is 1. The number of aryl methyl sites for hydroxylation is 3. The molecular formula is C42H42N8O6. The van der Waals surface area contributed by atoms with Crippen molar-refractivity contribution in [3.63, 3.8) is 0 Å². The van der Waals surface area contributed by atoms with E-state index in [-0.39, 0.29) is 30.2 Å². The number of ether oxygens (including phenoxy) is 1. The Balaban J connectivity index is 0.000000176. The number of hydrogen-bond acceptors (Lipinski definition) is 11. The number of nitrogens with one attached hydrogen (secondary N) is 1. The van der Waals surface area contributed by atoms with Crippen molar-refractivity contribution in [3.8, 4) is 17.1 Å². The molecule has 0 radical (unpaired) electrons. The van der Waals surface area contributed by atoms with Crippen molar-refractivity contribution < 1.29 is 24.5 Å². The minimum absolute atomic E-state index is 0.104. The molecule has 3 aromatic carbocycles. The summed E-state index contributed by atoms with van der Waals surface area (Å²) in [7, 11) is 5.59. The quantitative estimate of drug-likeness (QED) is 0.120. The molecule has 2 aliphatic rings. The number of aromatic hydroxyl groups is 1. The van der Waals surface area contributed by atoms with Gasteiger partial charge in [0.05, 0.1) is 40.4 Å². The lowest BCUT2D eigenvalue weighted by molar-refractivity contribution is -0.172. The molecule has 5 heterocycles. The lowest BCUT2D eigenvalue weighted by atomic mass is 9.86. The number of carbonyl (C=O) groups is 2. The number of cyclic esters (lactones) is 1. The Hall–Kier alpha value is -6.51. The largest absolute Gasteiger partial charge is 0.508 e. The molecule has 0 saturated heterocycles. The van der Waals surface area contributed by atoms with Gasteiger partial charge in [-0.05, 0) is 100 Å². The van der Waals surface area contributed by atoms with E-state index in [4.69, 9.17) is 9.72 Å². The van der Waals surface area contributed by atoms with Crippen LogP contribution < -0.4 is 10.9 Å². The molecule has 14 heteroatoms. The normalized spacial score (nSPS) is 15.6. The Morgan fingerprint density at radius 2 is 1.80 bits per heavy atom. The zero-order chi connectivity index (χ0) is 39.9. The van der Waals surface area contributed by atoms with Crippen LogP contribution in [0, 0.1) is 13.8 Å². The second-order valence-corrected chi connectivity index (χ2v) is 14.2. The van der Waals surface area contributed by atoms with Crippen molar-refractivity contribution in [1.82, 2.24) is 24.2 Å². The van der Waals surface area contributed by atoms with Gasteiger partial charge in [-0.2, -0.15) is 15.3 Å². The molecule has 0 fully saturated rings. The number of aromatic nitrogens is 4. The van der Waals surface area contributed by atoms with Crippen LogP contribution in [0.3, 0.4) is 0 Å². The molecule has 56 heavy (non-hydrogen) atoms. The average Bonchev–Trinajstić information content (AvgIpc) is 3.77. The van der Waals surface area contributed by atoms with Crippen LogP contribution in [0.1, 0.15) is 57.2 Å². The Morgan fingerprint density at radius 3 is 2.50 bits per heavy atom. The van der Waals surface area contributed by atoms with Gasteiger partial charge in [0.15, 0.2) is 5.60 Å². The second-order valence-electron chi connectivity index (χ2n) is 14.2. The number of nitrogens with zero attached hydrogens (tertiary/aromatic N) is 7. The first-order valence-corrected chi connectivity index (χ1v) is 18.1. The van der Waals surface area contributed by atoms with E-state index >= 15 is 0 Å². The highest BCUT2D eigenvalue weighted by molar-refractivity contribution is 6.03. The summed E-state index contributed by atoms with van der Waals surface area (Å²) < 4.78 is 8.25. The summed E-state index contributed by atoms with van der Waals surface area (Å²) in [4.78, 5) is 44.5. The van der Waals surface area contributed by atoms with E-state index in [0.29, 0.717) is 46.8 Å². The van der Waals surface area contributed by atoms with Crippen LogP contribution in [0.25, 0.3) is 22.3 Å². The third-order valence-corrected chi connectivity index (χ3v) is 10.2. The van der Waals surface area contributed by atoms with Crippen LogP contribution in [0.2, 0.25) is 0 Å². The number of phenolic OH excluding ortho intramolecular Hbond substituents is 1. The Bertz CT molecular complexity index is 2630. The van der Waals surface area contributed by atoms with E-state index in [1.807, 2.05) is 81.4 Å². The molecule has 8 rings (SSSR count). The first-order chi connectivity index (χ1) is 26.8. The first-order valence-electron chi connectivity index (χ1n) is 18.1. The van der Waals surface area contributed by atoms with Gasteiger partial charge in [-0.1, -0.05) is 25.1 Å². The van der Waals surface area contributed by atoms with Gasteiger partial charge in [-0.25, -0.2) is 9.78 Å². The molecule has 0 bridgehead atoms. The van der Waals surface area contributed by atoms with Gasteiger partial charge in [0.25, 0.3) is 11.5 Å². The van der Waals surface area contributed by atoms with Crippen LogP contribution in [0.4, 0.5) is 17.1 Å². The van der Waals surface area contributed by atoms with E-state index in [9.17, 15) is 24.6 Å². The predicted octanol–water partition coefficient (Wildman–Crippen LogP) is 6.55. The number of carbonyl (C=O) groups excluding carboxylic acids is 2. The van der Waals surface area contributed by atoms with Crippen LogP contribution in [-0.2, 0) is 41.9 Å². The number of benzene rings is 3. The molecule has 286 valence electrons. The SMILES string of the molecule is CC[C@@]1(O)C(=O)OCc2c1cc1n(c2=O)Cc2cc3c(CN(C)C)c(O)ccc3nc2-1.Cc1ccccc1N=Nc1ccc(NC(=O)c2ccnn2C)c(C)c1. The van der Waals surface area contributed by atoms with Gasteiger partial charge >= 0.3 is 5.97 Å². The summed E-state index contributed by atoms with van der Waals surface area (Å²) in [6.45, 7) is 6.33. The van der Waals surface area contributed by atoms with Crippen LogP contribution in [-0.4, -0.2) is 60.4 Å². The fourth-order valence-electron chi connectivity index (χ4n) is 7.00. The summed E-state index contributed by atoms with van der Waals surface area (Å²) in [5, 5.41) is 37.6. The van der Waals surface area contributed by atoms with Crippen molar-refractivity contribution in [3.05, 3.63) is 128 Å². The lowest BCUT2D eigenvalue weighted by Crippen LogP contribution is -2.44. The molecule has 1 amide bonds. The number of fused-ring (bicyclic) bond motifs is 5. The molecule has 0 spiro atoms. The lowest BCUT2D eigenvalue weighted by Gasteiger charge is -2.31. The van der Waals surface area contributed by atoms with Crippen molar-refractivity contribution in [1.29, 1.82) is 0 Å². The number of phenols is 1. The number of amides is 1. The summed E-state index contributed by atoms with van der Waals surface area (Å²) in [5.74, 6) is -0.729. The number of rotatable bonds is 7. The minimum atomic E-state index is -1.84. The monoisotopic (exact) mass is 754 g/mol. The van der Waals surface area contributed by atoms with E-state index < -0.39 is 11.6 Å². The van der Waals surface area contributed by atoms with E-state index in [1.165, 1.54) is 4.68 Å². The van der Waals surface area contributed by atoms with Gasteiger partial charge < -0.3 is 29.7 Å². The van der Waals surface area contributed by atoms with Crippen molar-refractivity contribution >= 4 is 39.8 Å². The maximum atomic E-state index is 13.2. The maximum absolute atomic E-state index is 13.2. The van der Waals surface area contributed by atoms with E-state index in [2.05, 4.69) is 20.6 Å². The number of azo groups is 1.